The molecule has 0 fully saturated rings. The number of hydrogen-bond acceptors (Lipinski definition) is 4. The van der Waals surface area contributed by atoms with Gasteiger partial charge in [0.25, 0.3) is 0 Å². The first-order valence-electron chi connectivity index (χ1n) is 6.49. The standard InChI is InChI=1S/C14H24N2O2/c1-3-4-11(7-8-17)10-16-12-5-6-13(15)14(9-12)18-2/h5-6,9,11,16-17H,3-4,7-8,10,15H2,1-2H3. The number of methoxy groups -OCH3 is 1. The molecule has 4 N–H and O–H groups in total. The molecule has 18 heavy (non-hydrogen) atoms. The highest BCUT2D eigenvalue weighted by Gasteiger charge is 2.07. The summed E-state index contributed by atoms with van der Waals surface area (Å²) < 4.78 is 5.18. The van der Waals surface area contributed by atoms with Gasteiger partial charge in [-0.15, -0.1) is 0 Å². The summed E-state index contributed by atoms with van der Waals surface area (Å²) >= 11 is 0. The van der Waals surface area contributed by atoms with Gasteiger partial charge in [-0.05, 0) is 30.9 Å². The van der Waals surface area contributed by atoms with Crippen LogP contribution >= 0.6 is 0 Å². The number of aliphatic hydroxyl groups is 1. The molecule has 0 spiro atoms. The van der Waals surface area contributed by atoms with Crippen LogP contribution in [0, 0.1) is 5.92 Å². The van der Waals surface area contributed by atoms with E-state index in [0.29, 0.717) is 17.4 Å². The van der Waals surface area contributed by atoms with Crippen LogP contribution in [0.15, 0.2) is 18.2 Å². The lowest BCUT2D eigenvalue weighted by Crippen LogP contribution is -2.15. The van der Waals surface area contributed by atoms with E-state index >= 15 is 0 Å². The SMILES string of the molecule is CCCC(CCO)CNc1ccc(N)c(OC)c1. The number of anilines is 2. The van der Waals surface area contributed by atoms with Gasteiger partial charge in [-0.2, -0.15) is 0 Å². The smallest absolute Gasteiger partial charge is 0.143 e. The van der Waals surface area contributed by atoms with Crippen LogP contribution in [0.25, 0.3) is 0 Å². The van der Waals surface area contributed by atoms with E-state index in [4.69, 9.17) is 15.6 Å². The second kappa shape index (κ2) is 7.82. The number of nitrogens with two attached hydrogens (primary N) is 1. The summed E-state index contributed by atoms with van der Waals surface area (Å²) in [4.78, 5) is 0. The van der Waals surface area contributed by atoms with Crippen molar-refractivity contribution in [3.05, 3.63) is 18.2 Å². The van der Waals surface area contributed by atoms with Gasteiger partial charge < -0.3 is 20.9 Å². The van der Waals surface area contributed by atoms with E-state index in [9.17, 15) is 0 Å². The maximum Gasteiger partial charge on any atom is 0.143 e. The van der Waals surface area contributed by atoms with Crippen molar-refractivity contribution >= 4 is 11.4 Å². The minimum absolute atomic E-state index is 0.247. The second-order valence-corrected chi connectivity index (χ2v) is 4.50. The molecule has 102 valence electrons. The Labute approximate surface area is 109 Å². The zero-order valence-electron chi connectivity index (χ0n) is 11.3. The molecule has 0 saturated heterocycles. The highest BCUT2D eigenvalue weighted by Crippen LogP contribution is 2.25. The van der Waals surface area contributed by atoms with Crippen molar-refractivity contribution in [3.63, 3.8) is 0 Å². The largest absolute Gasteiger partial charge is 0.495 e. The summed E-state index contributed by atoms with van der Waals surface area (Å²) in [6.45, 7) is 3.27. The highest BCUT2D eigenvalue weighted by atomic mass is 16.5. The lowest BCUT2D eigenvalue weighted by atomic mass is 10.00. The molecule has 0 bridgehead atoms. The second-order valence-electron chi connectivity index (χ2n) is 4.50. The van der Waals surface area contributed by atoms with Crippen molar-refractivity contribution in [2.75, 3.05) is 31.3 Å². The first kappa shape index (κ1) is 14.6. The molecule has 0 heterocycles. The number of nitrogen functional groups attached to an aromatic ring is 1. The molecule has 1 unspecified atom stereocenters. The molecule has 1 aromatic rings. The number of hydrogen-bond donors (Lipinski definition) is 3. The van der Waals surface area contributed by atoms with Gasteiger partial charge in [0.05, 0.1) is 12.8 Å². The molecule has 1 aromatic carbocycles. The molecule has 0 radical (unpaired) electrons. The third-order valence-corrected chi connectivity index (χ3v) is 3.06. The van der Waals surface area contributed by atoms with Crippen molar-refractivity contribution < 1.29 is 9.84 Å². The summed E-state index contributed by atoms with van der Waals surface area (Å²) in [5, 5.41) is 12.4. The molecule has 4 heteroatoms. The van der Waals surface area contributed by atoms with Crippen LogP contribution in [-0.2, 0) is 0 Å². The molecule has 0 aliphatic rings. The summed E-state index contributed by atoms with van der Waals surface area (Å²) in [7, 11) is 1.61. The average molecular weight is 252 g/mol. The van der Waals surface area contributed by atoms with Crippen molar-refractivity contribution in [1.29, 1.82) is 0 Å². The van der Waals surface area contributed by atoms with Crippen LogP contribution in [-0.4, -0.2) is 25.4 Å². The number of nitrogens with one attached hydrogen (secondary N) is 1. The molecule has 0 aliphatic heterocycles. The van der Waals surface area contributed by atoms with Gasteiger partial charge in [0.15, 0.2) is 0 Å². The van der Waals surface area contributed by atoms with Crippen molar-refractivity contribution in [3.8, 4) is 5.75 Å². The van der Waals surface area contributed by atoms with Crippen LogP contribution in [0.3, 0.4) is 0 Å². The van der Waals surface area contributed by atoms with Gasteiger partial charge >= 0.3 is 0 Å². The molecular weight excluding hydrogens is 228 g/mol. The lowest BCUT2D eigenvalue weighted by molar-refractivity contribution is 0.255. The Morgan fingerprint density at radius 3 is 2.78 bits per heavy atom. The summed E-state index contributed by atoms with van der Waals surface area (Å²) in [5.74, 6) is 1.19. The number of benzene rings is 1. The minimum Gasteiger partial charge on any atom is -0.495 e. The Balaban J connectivity index is 2.55. The van der Waals surface area contributed by atoms with Gasteiger partial charge in [0.2, 0.25) is 0 Å². The number of rotatable bonds is 8. The zero-order chi connectivity index (χ0) is 13.4. The van der Waals surface area contributed by atoms with E-state index in [-0.39, 0.29) is 6.61 Å². The zero-order valence-corrected chi connectivity index (χ0v) is 11.3. The third kappa shape index (κ3) is 4.45. The van der Waals surface area contributed by atoms with E-state index in [2.05, 4.69) is 12.2 Å². The maximum atomic E-state index is 9.01. The minimum atomic E-state index is 0.247. The lowest BCUT2D eigenvalue weighted by Gasteiger charge is -2.17. The van der Waals surface area contributed by atoms with Crippen LogP contribution in [0.2, 0.25) is 0 Å². The Bertz CT molecular complexity index is 350. The van der Waals surface area contributed by atoms with E-state index in [1.165, 1.54) is 0 Å². The third-order valence-electron chi connectivity index (χ3n) is 3.06. The van der Waals surface area contributed by atoms with E-state index < -0.39 is 0 Å². The normalized spacial score (nSPS) is 12.2. The van der Waals surface area contributed by atoms with Crippen LogP contribution in [0.4, 0.5) is 11.4 Å². The fourth-order valence-corrected chi connectivity index (χ4v) is 2.02. The fraction of sp³-hybridized carbons (Fsp3) is 0.571. The number of ether oxygens (including phenoxy) is 1. The molecule has 0 amide bonds. The topological polar surface area (TPSA) is 67.5 Å². The van der Waals surface area contributed by atoms with Crippen molar-refractivity contribution in [2.45, 2.75) is 26.2 Å². The molecule has 0 saturated carbocycles. The van der Waals surface area contributed by atoms with Crippen molar-refractivity contribution in [1.82, 2.24) is 0 Å². The summed E-state index contributed by atoms with van der Waals surface area (Å²) in [5.41, 5.74) is 7.41. The highest BCUT2D eigenvalue weighted by molar-refractivity contribution is 5.61. The number of aliphatic hydroxyl groups excluding tert-OH is 1. The van der Waals surface area contributed by atoms with E-state index in [1.54, 1.807) is 7.11 Å². The Hall–Kier alpha value is -1.42. The predicted octanol–water partition coefficient (Wildman–Crippen LogP) is 2.49. The summed E-state index contributed by atoms with van der Waals surface area (Å²) in [6, 6.07) is 5.68. The first-order valence-corrected chi connectivity index (χ1v) is 6.49. The maximum absolute atomic E-state index is 9.01. The Morgan fingerprint density at radius 1 is 1.39 bits per heavy atom. The Morgan fingerprint density at radius 2 is 2.17 bits per heavy atom. The van der Waals surface area contributed by atoms with Crippen LogP contribution in [0.5, 0.6) is 5.75 Å². The first-order chi connectivity index (χ1) is 8.71. The van der Waals surface area contributed by atoms with Crippen LogP contribution in [0.1, 0.15) is 26.2 Å². The molecule has 1 rings (SSSR count). The molecular formula is C14H24N2O2. The Kier molecular flexibility index (Phi) is 6.36. The fourth-order valence-electron chi connectivity index (χ4n) is 2.02. The van der Waals surface area contributed by atoms with E-state index in [0.717, 1.165) is 31.5 Å². The van der Waals surface area contributed by atoms with Gasteiger partial charge in [0, 0.05) is 24.9 Å². The summed E-state index contributed by atoms with van der Waals surface area (Å²) in [6.07, 6.45) is 3.10. The molecule has 0 aromatic heterocycles. The molecule has 1 atom stereocenters. The van der Waals surface area contributed by atoms with E-state index in [1.807, 2.05) is 18.2 Å². The quantitative estimate of drug-likeness (QED) is 0.622. The average Bonchev–Trinajstić information content (AvgIpc) is 2.38. The van der Waals surface area contributed by atoms with Crippen LogP contribution < -0.4 is 15.8 Å². The molecule has 0 aliphatic carbocycles. The van der Waals surface area contributed by atoms with Gasteiger partial charge in [-0.1, -0.05) is 13.3 Å². The van der Waals surface area contributed by atoms with Gasteiger partial charge in [-0.25, -0.2) is 0 Å². The predicted molar refractivity (Wildman–Crippen MR) is 76.0 cm³/mol. The molecule has 4 nitrogen and oxygen atoms in total. The monoisotopic (exact) mass is 252 g/mol. The van der Waals surface area contributed by atoms with Crippen molar-refractivity contribution in [2.24, 2.45) is 5.92 Å². The van der Waals surface area contributed by atoms with Gasteiger partial charge in [-0.3, -0.25) is 0 Å². The van der Waals surface area contributed by atoms with Gasteiger partial charge in [0.1, 0.15) is 5.75 Å².